The molecule has 4 heterocycles. The highest BCUT2D eigenvalue weighted by atomic mass is 19.1. The third kappa shape index (κ3) is 7.38. The van der Waals surface area contributed by atoms with Gasteiger partial charge in [0.15, 0.2) is 5.58 Å². The zero-order valence-corrected chi connectivity index (χ0v) is 26.9. The van der Waals surface area contributed by atoms with Gasteiger partial charge in [-0.1, -0.05) is 11.2 Å². The molecule has 236 valence electrons. The first-order chi connectivity index (χ1) is 21.1. The van der Waals surface area contributed by atoms with Crippen LogP contribution in [0.15, 0.2) is 45.7 Å². The van der Waals surface area contributed by atoms with Gasteiger partial charge in [0.25, 0.3) is 5.56 Å². The van der Waals surface area contributed by atoms with E-state index in [0.29, 0.717) is 11.5 Å². The predicted molar refractivity (Wildman–Crippen MR) is 175 cm³/mol. The van der Waals surface area contributed by atoms with Gasteiger partial charge in [0.05, 0.1) is 5.69 Å². The smallest absolute Gasteiger partial charge is 0.256 e. The van der Waals surface area contributed by atoms with Crippen LogP contribution < -0.4 is 16.2 Å². The van der Waals surface area contributed by atoms with Crippen LogP contribution in [-0.4, -0.2) is 59.4 Å². The largest absolute Gasteiger partial charge is 0.378 e. The van der Waals surface area contributed by atoms with Crippen molar-refractivity contribution in [3.63, 3.8) is 0 Å². The molecule has 1 saturated heterocycles. The Morgan fingerprint density at radius 3 is 2.57 bits per heavy atom. The van der Waals surface area contributed by atoms with Crippen molar-refractivity contribution in [2.45, 2.75) is 84.2 Å². The molecule has 2 aliphatic heterocycles. The van der Waals surface area contributed by atoms with Crippen LogP contribution in [0.2, 0.25) is 0 Å². The summed E-state index contributed by atoms with van der Waals surface area (Å²) in [5.74, 6) is 0.974. The van der Waals surface area contributed by atoms with Crippen LogP contribution in [-0.2, 0) is 25.8 Å². The standard InChI is InChI=1S/C23H27FN4O2.C12H20N2/c1-15-18(23(29)28-10-3-2-4-21(28)25-15)9-13-27-11-7-16(8-12-27)22-19-6-5-17(24)14-20(19)30-26-22;1-9-7-12(14(3)4)6-5-11(9)8-10(2)13/h5-6,14,16H,2-4,7-13H2,1H3;5-7,10H,8,13H2,1-4H3/t;10-/m.0/s1. The maximum Gasteiger partial charge on any atom is 0.256 e. The maximum atomic E-state index is 13.4. The topological polar surface area (TPSA) is 93.4 Å². The molecule has 0 aliphatic carbocycles. The number of aryl methyl sites for hydroxylation is 3. The zero-order valence-electron chi connectivity index (χ0n) is 26.9. The van der Waals surface area contributed by atoms with Crippen LogP contribution in [0.1, 0.15) is 72.4 Å². The SMILES string of the molecule is Cc1cc(N(C)C)ccc1C[C@H](C)N.Cc1nc2n(c(=O)c1CCN1CCC(c3noc4cc(F)ccc34)CC1)CCCC2. The fourth-order valence-corrected chi connectivity index (χ4v) is 6.48. The molecule has 2 aliphatic rings. The summed E-state index contributed by atoms with van der Waals surface area (Å²) in [4.78, 5) is 22.2. The van der Waals surface area contributed by atoms with E-state index < -0.39 is 0 Å². The zero-order chi connectivity index (χ0) is 31.4. The van der Waals surface area contributed by atoms with Crippen molar-refractivity contribution in [3.8, 4) is 0 Å². The summed E-state index contributed by atoms with van der Waals surface area (Å²) >= 11 is 0. The summed E-state index contributed by atoms with van der Waals surface area (Å²) in [6, 6.07) is 11.4. The van der Waals surface area contributed by atoms with Crippen molar-refractivity contribution in [1.82, 2.24) is 19.6 Å². The average molecular weight is 603 g/mol. The summed E-state index contributed by atoms with van der Waals surface area (Å²) in [5.41, 5.74) is 13.1. The monoisotopic (exact) mass is 602 g/mol. The summed E-state index contributed by atoms with van der Waals surface area (Å²) in [6.07, 6.45) is 6.77. The Labute approximate surface area is 260 Å². The molecule has 6 rings (SSSR count). The number of nitrogens with zero attached hydrogens (tertiary/aromatic N) is 5. The second-order valence-corrected chi connectivity index (χ2v) is 12.8. The van der Waals surface area contributed by atoms with Gasteiger partial charge in [0.2, 0.25) is 0 Å². The van der Waals surface area contributed by atoms with Crippen LogP contribution in [0.25, 0.3) is 11.0 Å². The van der Waals surface area contributed by atoms with Gasteiger partial charge < -0.3 is 20.1 Å². The summed E-state index contributed by atoms with van der Waals surface area (Å²) in [5, 5.41) is 5.15. The normalized spacial score (nSPS) is 16.3. The van der Waals surface area contributed by atoms with Gasteiger partial charge in [0, 0.05) is 74.0 Å². The lowest BCUT2D eigenvalue weighted by Gasteiger charge is -2.31. The van der Waals surface area contributed by atoms with Gasteiger partial charge in [0.1, 0.15) is 11.6 Å². The van der Waals surface area contributed by atoms with E-state index >= 15 is 0 Å². The molecule has 0 radical (unpaired) electrons. The fourth-order valence-electron chi connectivity index (χ4n) is 6.48. The van der Waals surface area contributed by atoms with E-state index in [1.54, 1.807) is 6.07 Å². The van der Waals surface area contributed by atoms with E-state index in [1.807, 2.05) is 18.4 Å². The molecular weight excluding hydrogens is 555 g/mol. The number of piperidine rings is 1. The third-order valence-corrected chi connectivity index (χ3v) is 9.08. The minimum atomic E-state index is -0.303. The molecule has 2 aromatic heterocycles. The molecule has 4 aromatic rings. The van der Waals surface area contributed by atoms with Gasteiger partial charge >= 0.3 is 0 Å². The third-order valence-electron chi connectivity index (χ3n) is 9.08. The number of hydrogen-bond donors (Lipinski definition) is 1. The van der Waals surface area contributed by atoms with E-state index in [2.05, 4.69) is 54.2 Å². The lowest BCUT2D eigenvalue weighted by molar-refractivity contribution is 0.211. The van der Waals surface area contributed by atoms with E-state index in [4.69, 9.17) is 15.2 Å². The fraction of sp³-hybridized carbons (Fsp3) is 0.514. The lowest BCUT2D eigenvalue weighted by atomic mass is 9.91. The first-order valence-corrected chi connectivity index (χ1v) is 16.0. The van der Waals surface area contributed by atoms with Crippen molar-refractivity contribution in [1.29, 1.82) is 0 Å². The van der Waals surface area contributed by atoms with Gasteiger partial charge in [-0.25, -0.2) is 9.37 Å². The van der Waals surface area contributed by atoms with Crippen LogP contribution in [0.5, 0.6) is 0 Å². The molecule has 1 fully saturated rings. The molecular formula is C35H47FN6O2. The maximum absolute atomic E-state index is 13.4. The Morgan fingerprint density at radius 2 is 1.86 bits per heavy atom. The number of halogens is 1. The number of fused-ring (bicyclic) bond motifs is 2. The van der Waals surface area contributed by atoms with E-state index in [9.17, 15) is 9.18 Å². The number of hydrogen-bond acceptors (Lipinski definition) is 7. The number of anilines is 1. The van der Waals surface area contributed by atoms with Gasteiger partial charge in [-0.15, -0.1) is 0 Å². The second kappa shape index (κ2) is 14.0. The molecule has 0 spiro atoms. The number of rotatable bonds is 7. The Bertz CT molecular complexity index is 1630. The second-order valence-electron chi connectivity index (χ2n) is 12.8. The minimum absolute atomic E-state index is 0.161. The van der Waals surface area contributed by atoms with E-state index in [-0.39, 0.29) is 17.4 Å². The van der Waals surface area contributed by atoms with Crippen LogP contribution in [0, 0.1) is 19.7 Å². The average Bonchev–Trinajstić information content (AvgIpc) is 3.41. The van der Waals surface area contributed by atoms with Crippen molar-refractivity contribution >= 4 is 16.7 Å². The molecule has 0 bridgehead atoms. The Hall–Kier alpha value is -3.56. The number of benzene rings is 2. The molecule has 2 N–H and O–H groups in total. The number of aromatic nitrogens is 3. The Kier molecular flexibility index (Phi) is 10.2. The molecule has 8 nitrogen and oxygen atoms in total. The van der Waals surface area contributed by atoms with Gasteiger partial charge in [-0.05, 0) is 108 Å². The molecule has 0 unspecified atom stereocenters. The van der Waals surface area contributed by atoms with Crippen molar-refractivity contribution in [2.24, 2.45) is 5.73 Å². The van der Waals surface area contributed by atoms with Gasteiger partial charge in [-0.3, -0.25) is 9.36 Å². The molecule has 2 aromatic carbocycles. The molecule has 1 atom stereocenters. The lowest BCUT2D eigenvalue weighted by Crippen LogP contribution is -2.37. The quantitative estimate of drug-likeness (QED) is 0.297. The highest BCUT2D eigenvalue weighted by Gasteiger charge is 2.26. The molecule has 9 heteroatoms. The summed E-state index contributed by atoms with van der Waals surface area (Å²) in [6.45, 7) is 9.74. The van der Waals surface area contributed by atoms with Crippen molar-refractivity contribution < 1.29 is 8.91 Å². The molecule has 0 saturated carbocycles. The highest BCUT2D eigenvalue weighted by Crippen LogP contribution is 2.32. The molecule has 44 heavy (non-hydrogen) atoms. The summed E-state index contributed by atoms with van der Waals surface area (Å²) in [7, 11) is 4.11. The van der Waals surface area contributed by atoms with Crippen molar-refractivity contribution in [3.05, 3.63) is 86.5 Å². The Balaban J connectivity index is 0.000000232. The predicted octanol–water partition coefficient (Wildman–Crippen LogP) is 5.54. The van der Waals surface area contributed by atoms with Crippen LogP contribution >= 0.6 is 0 Å². The minimum Gasteiger partial charge on any atom is -0.378 e. The van der Waals surface area contributed by atoms with Crippen LogP contribution in [0.3, 0.4) is 0 Å². The Morgan fingerprint density at radius 1 is 1.09 bits per heavy atom. The summed E-state index contributed by atoms with van der Waals surface area (Å²) < 4.78 is 20.6. The van der Waals surface area contributed by atoms with Crippen LogP contribution in [0.4, 0.5) is 10.1 Å². The molecule has 0 amide bonds. The van der Waals surface area contributed by atoms with E-state index in [1.165, 1.54) is 28.9 Å². The highest BCUT2D eigenvalue weighted by molar-refractivity contribution is 5.79. The first-order valence-electron chi connectivity index (χ1n) is 16.0. The number of likely N-dealkylation sites (tertiary alicyclic amines) is 1. The van der Waals surface area contributed by atoms with Gasteiger partial charge in [-0.2, -0.15) is 0 Å². The van der Waals surface area contributed by atoms with Crippen molar-refractivity contribution in [2.75, 3.05) is 38.6 Å². The first kappa shape index (κ1) is 31.9. The van der Waals surface area contributed by atoms with E-state index in [0.717, 1.165) is 99.3 Å². The number of nitrogens with two attached hydrogens (primary N) is 1.